The van der Waals surface area contributed by atoms with Crippen LogP contribution in [0.5, 0.6) is 17.4 Å². The number of rotatable bonds is 5. The van der Waals surface area contributed by atoms with Crippen molar-refractivity contribution in [2.45, 2.75) is 0 Å². The summed E-state index contributed by atoms with van der Waals surface area (Å²) in [6, 6.07) is 3.33. The standard InChI is InChI=1S/C13H15ClN4O3/c1-19-9-5-10(20-2)8(4-7(9)14)18-12-11(15)13(21-3)17-6-16-12/h4-6H,15H2,1-3H3,(H,16,17,18). The molecule has 0 aliphatic heterocycles. The minimum absolute atomic E-state index is 0.283. The number of ether oxygens (including phenoxy) is 3. The van der Waals surface area contributed by atoms with E-state index in [0.717, 1.165) is 0 Å². The number of nitrogens with one attached hydrogen (secondary N) is 1. The van der Waals surface area contributed by atoms with Gasteiger partial charge < -0.3 is 25.3 Å². The van der Waals surface area contributed by atoms with Crippen molar-refractivity contribution in [1.29, 1.82) is 0 Å². The Morgan fingerprint density at radius 3 is 2.38 bits per heavy atom. The van der Waals surface area contributed by atoms with Crippen molar-refractivity contribution < 1.29 is 14.2 Å². The van der Waals surface area contributed by atoms with Crippen molar-refractivity contribution in [2.75, 3.05) is 32.4 Å². The molecule has 21 heavy (non-hydrogen) atoms. The fourth-order valence-electron chi connectivity index (χ4n) is 1.73. The van der Waals surface area contributed by atoms with Crippen molar-refractivity contribution in [3.05, 3.63) is 23.5 Å². The summed E-state index contributed by atoms with van der Waals surface area (Å²) in [7, 11) is 4.55. The second-order valence-corrected chi connectivity index (χ2v) is 4.36. The van der Waals surface area contributed by atoms with Gasteiger partial charge in [0, 0.05) is 6.07 Å². The number of nitrogens with zero attached hydrogens (tertiary/aromatic N) is 2. The quantitative estimate of drug-likeness (QED) is 0.876. The summed E-state index contributed by atoms with van der Waals surface area (Å²) < 4.78 is 15.5. The average Bonchev–Trinajstić information content (AvgIpc) is 2.49. The fourth-order valence-corrected chi connectivity index (χ4v) is 1.97. The lowest BCUT2D eigenvalue weighted by Gasteiger charge is -2.14. The van der Waals surface area contributed by atoms with Gasteiger partial charge >= 0.3 is 0 Å². The molecule has 0 atom stereocenters. The highest BCUT2D eigenvalue weighted by molar-refractivity contribution is 6.32. The highest BCUT2D eigenvalue weighted by Gasteiger charge is 2.14. The Hall–Kier alpha value is -2.41. The van der Waals surface area contributed by atoms with Crippen LogP contribution in [0.4, 0.5) is 17.2 Å². The molecule has 0 bridgehead atoms. The SMILES string of the molecule is COc1cc(OC)c(Nc2ncnc(OC)c2N)cc1Cl. The van der Waals surface area contributed by atoms with Gasteiger partial charge in [-0.2, -0.15) is 4.98 Å². The van der Waals surface area contributed by atoms with Crippen LogP contribution in [0.1, 0.15) is 0 Å². The number of benzene rings is 1. The van der Waals surface area contributed by atoms with Gasteiger partial charge in [0.25, 0.3) is 0 Å². The van der Waals surface area contributed by atoms with Crippen LogP contribution in [0.15, 0.2) is 18.5 Å². The Kier molecular flexibility index (Phi) is 4.54. The zero-order chi connectivity index (χ0) is 15.4. The Bertz CT molecular complexity index is 652. The number of hydrogen-bond acceptors (Lipinski definition) is 7. The zero-order valence-electron chi connectivity index (χ0n) is 11.8. The fraction of sp³-hybridized carbons (Fsp3) is 0.231. The summed E-state index contributed by atoms with van der Waals surface area (Å²) in [4.78, 5) is 7.98. The first-order valence-corrected chi connectivity index (χ1v) is 6.31. The van der Waals surface area contributed by atoms with Gasteiger partial charge in [0.1, 0.15) is 23.5 Å². The van der Waals surface area contributed by atoms with E-state index in [4.69, 9.17) is 31.5 Å². The molecule has 3 N–H and O–H groups in total. The Morgan fingerprint density at radius 2 is 1.76 bits per heavy atom. The van der Waals surface area contributed by atoms with Crippen LogP contribution in [-0.2, 0) is 0 Å². The van der Waals surface area contributed by atoms with Gasteiger partial charge in [-0.15, -0.1) is 0 Å². The monoisotopic (exact) mass is 310 g/mol. The highest BCUT2D eigenvalue weighted by Crippen LogP contribution is 2.38. The lowest BCUT2D eigenvalue weighted by atomic mass is 10.2. The number of nitrogen functional groups attached to an aromatic ring is 1. The first kappa shape index (κ1) is 15.0. The zero-order valence-corrected chi connectivity index (χ0v) is 12.6. The van der Waals surface area contributed by atoms with Crippen LogP contribution in [-0.4, -0.2) is 31.3 Å². The summed E-state index contributed by atoms with van der Waals surface area (Å²) >= 11 is 6.11. The molecule has 1 aromatic carbocycles. The number of hydrogen-bond donors (Lipinski definition) is 2. The van der Waals surface area contributed by atoms with Crippen molar-refractivity contribution in [1.82, 2.24) is 9.97 Å². The molecule has 0 aliphatic rings. The molecule has 0 saturated carbocycles. The van der Waals surface area contributed by atoms with Crippen molar-refractivity contribution in [2.24, 2.45) is 0 Å². The van der Waals surface area contributed by atoms with Crippen LogP contribution < -0.4 is 25.3 Å². The van der Waals surface area contributed by atoms with Gasteiger partial charge in [-0.25, -0.2) is 4.98 Å². The second-order valence-electron chi connectivity index (χ2n) is 3.96. The van der Waals surface area contributed by atoms with Crippen LogP contribution in [0.2, 0.25) is 5.02 Å². The van der Waals surface area contributed by atoms with Crippen molar-refractivity contribution in [3.8, 4) is 17.4 Å². The van der Waals surface area contributed by atoms with Crippen molar-refractivity contribution in [3.63, 3.8) is 0 Å². The molecule has 0 unspecified atom stereocenters. The van der Waals surface area contributed by atoms with Crippen LogP contribution in [0.25, 0.3) is 0 Å². The molecular formula is C13H15ClN4O3. The van der Waals surface area contributed by atoms with E-state index >= 15 is 0 Å². The first-order valence-electron chi connectivity index (χ1n) is 5.93. The normalized spacial score (nSPS) is 10.1. The molecular weight excluding hydrogens is 296 g/mol. The lowest BCUT2D eigenvalue weighted by molar-refractivity contribution is 0.395. The summed E-state index contributed by atoms with van der Waals surface area (Å²) in [5.41, 5.74) is 6.80. The van der Waals surface area contributed by atoms with Crippen LogP contribution >= 0.6 is 11.6 Å². The number of halogens is 1. The van der Waals surface area contributed by atoms with E-state index < -0.39 is 0 Å². The summed E-state index contributed by atoms with van der Waals surface area (Å²) in [5.74, 6) is 1.72. The lowest BCUT2D eigenvalue weighted by Crippen LogP contribution is -2.04. The molecule has 8 heteroatoms. The third-order valence-electron chi connectivity index (χ3n) is 2.77. The van der Waals surface area contributed by atoms with Gasteiger partial charge in [-0.1, -0.05) is 11.6 Å². The van der Waals surface area contributed by atoms with Crippen molar-refractivity contribution >= 4 is 28.8 Å². The highest BCUT2D eigenvalue weighted by atomic mass is 35.5. The predicted molar refractivity (Wildman–Crippen MR) is 80.8 cm³/mol. The molecule has 0 amide bonds. The predicted octanol–water partition coefficient (Wildman–Crippen LogP) is 2.48. The molecule has 1 heterocycles. The number of nitrogens with two attached hydrogens (primary N) is 1. The van der Waals surface area contributed by atoms with E-state index in [1.807, 2.05) is 0 Å². The second kappa shape index (κ2) is 6.36. The molecule has 2 aromatic rings. The van der Waals surface area contributed by atoms with Gasteiger partial charge in [0.2, 0.25) is 5.88 Å². The molecule has 1 aromatic heterocycles. The summed E-state index contributed by atoms with van der Waals surface area (Å²) in [6.07, 6.45) is 1.34. The maximum absolute atomic E-state index is 6.11. The Balaban J connectivity index is 2.42. The van der Waals surface area contributed by atoms with Gasteiger partial charge in [0.15, 0.2) is 5.82 Å². The summed E-state index contributed by atoms with van der Waals surface area (Å²) in [6.45, 7) is 0. The van der Waals surface area contributed by atoms with Crippen LogP contribution in [0.3, 0.4) is 0 Å². The van der Waals surface area contributed by atoms with E-state index in [-0.39, 0.29) is 11.6 Å². The Labute approximate surface area is 127 Å². The maximum atomic E-state index is 6.11. The number of methoxy groups -OCH3 is 3. The minimum atomic E-state index is 0.283. The van der Waals surface area contributed by atoms with E-state index in [1.54, 1.807) is 12.1 Å². The van der Waals surface area contributed by atoms with E-state index in [2.05, 4.69) is 15.3 Å². The summed E-state index contributed by atoms with van der Waals surface area (Å²) in [5, 5.41) is 3.47. The minimum Gasteiger partial charge on any atom is -0.495 e. The van der Waals surface area contributed by atoms with Crippen LogP contribution in [0, 0.1) is 0 Å². The molecule has 2 rings (SSSR count). The topological polar surface area (TPSA) is 91.5 Å². The van der Waals surface area contributed by atoms with Gasteiger partial charge in [-0.3, -0.25) is 0 Å². The van der Waals surface area contributed by atoms with E-state index in [0.29, 0.717) is 28.0 Å². The molecule has 112 valence electrons. The molecule has 0 saturated heterocycles. The largest absolute Gasteiger partial charge is 0.495 e. The van der Waals surface area contributed by atoms with E-state index in [9.17, 15) is 0 Å². The third-order valence-corrected chi connectivity index (χ3v) is 3.06. The average molecular weight is 311 g/mol. The molecule has 0 fully saturated rings. The molecule has 0 radical (unpaired) electrons. The smallest absolute Gasteiger partial charge is 0.242 e. The third kappa shape index (κ3) is 3.03. The van der Waals surface area contributed by atoms with Gasteiger partial charge in [-0.05, 0) is 6.07 Å². The molecule has 7 nitrogen and oxygen atoms in total. The maximum Gasteiger partial charge on any atom is 0.242 e. The number of anilines is 3. The first-order chi connectivity index (χ1) is 10.1. The molecule has 0 spiro atoms. The molecule has 0 aliphatic carbocycles. The number of aromatic nitrogens is 2. The van der Waals surface area contributed by atoms with E-state index in [1.165, 1.54) is 27.7 Å². The van der Waals surface area contributed by atoms with Gasteiger partial charge in [0.05, 0.1) is 32.0 Å². The Morgan fingerprint density at radius 1 is 1.05 bits per heavy atom.